The highest BCUT2D eigenvalue weighted by molar-refractivity contribution is 9.11. The Morgan fingerprint density at radius 1 is 1.25 bits per heavy atom. The van der Waals surface area contributed by atoms with E-state index in [4.69, 9.17) is 4.74 Å². The van der Waals surface area contributed by atoms with Crippen LogP contribution in [0.2, 0.25) is 0 Å². The summed E-state index contributed by atoms with van der Waals surface area (Å²) in [6.07, 6.45) is 1.71. The average Bonchev–Trinajstić information content (AvgIpc) is 2.82. The molecule has 24 heavy (non-hydrogen) atoms. The number of imidazole rings is 1. The van der Waals surface area contributed by atoms with Crippen LogP contribution in [-0.2, 0) is 16.1 Å². The average molecular weight is 460 g/mol. The van der Waals surface area contributed by atoms with Crippen molar-refractivity contribution >= 4 is 43.3 Å². The molecule has 0 bridgehead atoms. The Morgan fingerprint density at radius 2 is 1.92 bits per heavy atom. The molecule has 0 aliphatic rings. The van der Waals surface area contributed by atoms with Crippen molar-refractivity contribution < 1.29 is 18.3 Å². The molecule has 0 unspecified atom stereocenters. The largest absolute Gasteiger partial charge is 0.461 e. The quantitative estimate of drug-likeness (QED) is 0.525. The number of esters is 1. The maximum atomic E-state index is 13.5. The Morgan fingerprint density at radius 3 is 2.54 bits per heavy atom. The number of benzene rings is 1. The Balaban J connectivity index is 2.22. The molecule has 0 atom stereocenters. The minimum absolute atomic E-state index is 0.0432. The lowest BCUT2D eigenvalue weighted by molar-refractivity contribution is -0.142. The standard InChI is InChI=1S/C16H10Br2F2N2O2/c1-8(23)24-7-12-13(17)2-3-22-14(12)15(18)21-16(22)9-4-10(19)6-11(20)5-9/h2-6H,7H2,1H3. The zero-order chi connectivity index (χ0) is 17.4. The van der Waals surface area contributed by atoms with Crippen molar-refractivity contribution in [3.8, 4) is 11.4 Å². The van der Waals surface area contributed by atoms with E-state index in [1.165, 1.54) is 19.1 Å². The van der Waals surface area contributed by atoms with E-state index in [0.717, 1.165) is 10.5 Å². The summed E-state index contributed by atoms with van der Waals surface area (Å²) < 4.78 is 35.0. The number of aromatic nitrogens is 2. The van der Waals surface area contributed by atoms with Gasteiger partial charge in [-0.2, -0.15) is 0 Å². The molecule has 124 valence electrons. The van der Waals surface area contributed by atoms with Crippen LogP contribution in [0.3, 0.4) is 0 Å². The number of pyridine rings is 1. The Kier molecular flexibility index (Phi) is 4.69. The molecule has 0 aliphatic carbocycles. The molecule has 1 aromatic carbocycles. The van der Waals surface area contributed by atoms with Gasteiger partial charge in [0.15, 0.2) is 0 Å². The maximum Gasteiger partial charge on any atom is 0.302 e. The minimum atomic E-state index is -0.685. The van der Waals surface area contributed by atoms with Gasteiger partial charge in [-0.3, -0.25) is 9.20 Å². The minimum Gasteiger partial charge on any atom is -0.461 e. The summed E-state index contributed by atoms with van der Waals surface area (Å²) in [6.45, 7) is 1.36. The van der Waals surface area contributed by atoms with Gasteiger partial charge in [-0.25, -0.2) is 13.8 Å². The first-order valence-electron chi connectivity index (χ1n) is 6.81. The first kappa shape index (κ1) is 17.0. The fourth-order valence-electron chi connectivity index (χ4n) is 2.37. The SMILES string of the molecule is CC(=O)OCc1c(Br)ccn2c(-c3cc(F)cc(F)c3)nc(Br)c12. The molecule has 0 fully saturated rings. The van der Waals surface area contributed by atoms with Crippen LogP contribution in [-0.4, -0.2) is 15.4 Å². The molecule has 0 spiro atoms. The normalized spacial score (nSPS) is 11.0. The van der Waals surface area contributed by atoms with Crippen molar-refractivity contribution in [3.05, 3.63) is 56.7 Å². The molecule has 0 saturated carbocycles. The first-order chi connectivity index (χ1) is 11.4. The second-order valence-corrected chi connectivity index (χ2v) is 6.63. The predicted octanol–water partition coefficient (Wildman–Crippen LogP) is 4.87. The van der Waals surface area contributed by atoms with Crippen LogP contribution in [0.5, 0.6) is 0 Å². The van der Waals surface area contributed by atoms with Gasteiger partial charge in [-0.05, 0) is 34.1 Å². The van der Waals surface area contributed by atoms with Crippen LogP contribution < -0.4 is 0 Å². The lowest BCUT2D eigenvalue weighted by atomic mass is 10.2. The van der Waals surface area contributed by atoms with Crippen LogP contribution in [0, 0.1) is 11.6 Å². The molecule has 2 aromatic heterocycles. The van der Waals surface area contributed by atoms with E-state index in [9.17, 15) is 13.6 Å². The molecule has 0 aliphatic heterocycles. The van der Waals surface area contributed by atoms with Crippen molar-refractivity contribution in [2.45, 2.75) is 13.5 Å². The maximum absolute atomic E-state index is 13.5. The van der Waals surface area contributed by atoms with Crippen molar-refractivity contribution in [2.75, 3.05) is 0 Å². The van der Waals surface area contributed by atoms with Crippen LogP contribution in [0.1, 0.15) is 12.5 Å². The van der Waals surface area contributed by atoms with Gasteiger partial charge in [-0.15, -0.1) is 0 Å². The number of hydrogen-bond acceptors (Lipinski definition) is 3. The molecule has 0 saturated heterocycles. The van der Waals surface area contributed by atoms with Gasteiger partial charge in [0, 0.05) is 34.8 Å². The third-order valence-corrected chi connectivity index (χ3v) is 4.65. The van der Waals surface area contributed by atoms with Gasteiger partial charge in [0.05, 0.1) is 5.52 Å². The number of carbonyl (C=O) groups excluding carboxylic acids is 1. The van der Waals surface area contributed by atoms with Gasteiger partial charge in [0.1, 0.15) is 28.7 Å². The Hall–Kier alpha value is -1.80. The van der Waals surface area contributed by atoms with E-state index in [0.29, 0.717) is 27.1 Å². The summed E-state index contributed by atoms with van der Waals surface area (Å²) in [6, 6.07) is 4.96. The topological polar surface area (TPSA) is 43.6 Å². The Bertz CT molecular complexity index is 937. The number of carbonyl (C=O) groups is 1. The molecule has 8 heteroatoms. The number of hydrogen-bond donors (Lipinski definition) is 0. The van der Waals surface area contributed by atoms with Crippen molar-refractivity contribution in [2.24, 2.45) is 0 Å². The smallest absolute Gasteiger partial charge is 0.302 e. The second kappa shape index (κ2) is 6.60. The van der Waals surface area contributed by atoms with Crippen LogP contribution in [0.15, 0.2) is 39.5 Å². The number of ether oxygens (including phenoxy) is 1. The number of halogens is 4. The summed E-state index contributed by atoms with van der Waals surface area (Å²) in [5, 5.41) is 0. The van der Waals surface area contributed by atoms with E-state index >= 15 is 0 Å². The van der Waals surface area contributed by atoms with Gasteiger partial charge in [-0.1, -0.05) is 15.9 Å². The van der Waals surface area contributed by atoms with Crippen molar-refractivity contribution in [1.29, 1.82) is 0 Å². The molecular formula is C16H10Br2F2N2O2. The van der Waals surface area contributed by atoms with E-state index in [1.54, 1.807) is 16.7 Å². The van der Waals surface area contributed by atoms with Crippen molar-refractivity contribution in [1.82, 2.24) is 9.38 Å². The van der Waals surface area contributed by atoms with E-state index < -0.39 is 17.6 Å². The highest BCUT2D eigenvalue weighted by atomic mass is 79.9. The van der Waals surface area contributed by atoms with Crippen molar-refractivity contribution in [3.63, 3.8) is 0 Å². The lowest BCUT2D eigenvalue weighted by Crippen LogP contribution is -2.02. The zero-order valence-electron chi connectivity index (χ0n) is 12.3. The molecule has 0 radical (unpaired) electrons. The number of rotatable bonds is 3. The van der Waals surface area contributed by atoms with Crippen LogP contribution >= 0.6 is 31.9 Å². The van der Waals surface area contributed by atoms with E-state index in [-0.39, 0.29) is 6.61 Å². The molecule has 0 N–H and O–H groups in total. The Labute approximate surface area is 152 Å². The van der Waals surface area contributed by atoms with Gasteiger partial charge in [0.25, 0.3) is 0 Å². The molecule has 3 rings (SSSR count). The highest BCUT2D eigenvalue weighted by Gasteiger charge is 2.18. The fraction of sp³-hybridized carbons (Fsp3) is 0.125. The molecule has 4 nitrogen and oxygen atoms in total. The summed E-state index contributed by atoms with van der Waals surface area (Å²) >= 11 is 6.78. The highest BCUT2D eigenvalue weighted by Crippen LogP contribution is 2.33. The third kappa shape index (κ3) is 3.21. The monoisotopic (exact) mass is 458 g/mol. The van der Waals surface area contributed by atoms with E-state index in [2.05, 4.69) is 36.8 Å². The molecule has 0 amide bonds. The lowest BCUT2D eigenvalue weighted by Gasteiger charge is -2.09. The first-order valence-corrected chi connectivity index (χ1v) is 8.40. The van der Waals surface area contributed by atoms with E-state index in [1.807, 2.05) is 0 Å². The predicted molar refractivity (Wildman–Crippen MR) is 91.4 cm³/mol. The summed E-state index contributed by atoms with van der Waals surface area (Å²) in [5.74, 6) is -1.41. The molecule has 2 heterocycles. The zero-order valence-corrected chi connectivity index (χ0v) is 15.5. The van der Waals surface area contributed by atoms with Crippen LogP contribution in [0.4, 0.5) is 8.78 Å². The second-order valence-electron chi connectivity index (χ2n) is 5.03. The summed E-state index contributed by atoms with van der Waals surface area (Å²) in [5.41, 5.74) is 1.63. The van der Waals surface area contributed by atoms with Gasteiger partial charge in [0.2, 0.25) is 0 Å². The third-order valence-electron chi connectivity index (χ3n) is 3.35. The summed E-state index contributed by atoms with van der Waals surface area (Å²) in [4.78, 5) is 15.5. The molecule has 3 aromatic rings. The molecular weight excluding hydrogens is 450 g/mol. The van der Waals surface area contributed by atoms with Crippen LogP contribution in [0.25, 0.3) is 16.9 Å². The fourth-order valence-corrected chi connectivity index (χ4v) is 3.39. The van der Waals surface area contributed by atoms with Gasteiger partial charge >= 0.3 is 5.97 Å². The van der Waals surface area contributed by atoms with Gasteiger partial charge < -0.3 is 4.74 Å². The number of nitrogens with zero attached hydrogens (tertiary/aromatic N) is 2. The number of fused-ring (bicyclic) bond motifs is 1. The summed E-state index contributed by atoms with van der Waals surface area (Å²) in [7, 11) is 0.